The van der Waals surface area contributed by atoms with Crippen molar-refractivity contribution in [3.8, 4) is 0 Å². The molecular formula is C12H19NO3. The summed E-state index contributed by atoms with van der Waals surface area (Å²) < 4.78 is 0. The third kappa shape index (κ3) is 2.84. The SMILES string of the molecule is C=CCC(C)NC(=O)CC1(C(=O)O)CCC1. The van der Waals surface area contributed by atoms with Gasteiger partial charge >= 0.3 is 5.97 Å². The summed E-state index contributed by atoms with van der Waals surface area (Å²) in [7, 11) is 0. The third-order valence-electron chi connectivity index (χ3n) is 3.19. The van der Waals surface area contributed by atoms with Crippen molar-refractivity contribution in [1.82, 2.24) is 5.32 Å². The van der Waals surface area contributed by atoms with Gasteiger partial charge in [0.05, 0.1) is 5.41 Å². The number of hydrogen-bond acceptors (Lipinski definition) is 2. The van der Waals surface area contributed by atoms with Crippen LogP contribution in [-0.4, -0.2) is 23.0 Å². The molecule has 4 nitrogen and oxygen atoms in total. The van der Waals surface area contributed by atoms with Gasteiger partial charge in [0.1, 0.15) is 0 Å². The van der Waals surface area contributed by atoms with Gasteiger partial charge in [-0.25, -0.2) is 0 Å². The van der Waals surface area contributed by atoms with E-state index in [9.17, 15) is 9.59 Å². The lowest BCUT2D eigenvalue weighted by atomic mass is 9.66. The van der Waals surface area contributed by atoms with Crippen molar-refractivity contribution >= 4 is 11.9 Å². The Morgan fingerprint density at radius 1 is 1.56 bits per heavy atom. The van der Waals surface area contributed by atoms with Gasteiger partial charge in [-0.2, -0.15) is 0 Å². The Hall–Kier alpha value is -1.32. The maximum absolute atomic E-state index is 11.6. The molecule has 1 aliphatic rings. The van der Waals surface area contributed by atoms with Crippen molar-refractivity contribution < 1.29 is 14.7 Å². The summed E-state index contributed by atoms with van der Waals surface area (Å²) in [6.07, 6.45) is 4.68. The van der Waals surface area contributed by atoms with Gasteiger partial charge in [0, 0.05) is 12.5 Å². The summed E-state index contributed by atoms with van der Waals surface area (Å²) in [6.45, 7) is 5.48. The molecule has 0 saturated heterocycles. The van der Waals surface area contributed by atoms with Crippen LogP contribution in [0.15, 0.2) is 12.7 Å². The topological polar surface area (TPSA) is 66.4 Å². The first-order chi connectivity index (χ1) is 7.50. The van der Waals surface area contributed by atoms with Crippen molar-refractivity contribution in [3.63, 3.8) is 0 Å². The summed E-state index contributed by atoms with van der Waals surface area (Å²) in [5.41, 5.74) is -0.794. The minimum absolute atomic E-state index is 0.0240. The van der Waals surface area contributed by atoms with Gasteiger partial charge in [-0.3, -0.25) is 9.59 Å². The highest BCUT2D eigenvalue weighted by molar-refractivity contribution is 5.85. The highest BCUT2D eigenvalue weighted by atomic mass is 16.4. The Bertz CT molecular complexity index is 295. The van der Waals surface area contributed by atoms with Crippen LogP contribution in [0, 0.1) is 5.41 Å². The van der Waals surface area contributed by atoms with E-state index in [1.54, 1.807) is 6.08 Å². The Morgan fingerprint density at radius 2 is 2.19 bits per heavy atom. The molecule has 0 bridgehead atoms. The number of carbonyl (C=O) groups excluding carboxylic acids is 1. The fraction of sp³-hybridized carbons (Fsp3) is 0.667. The van der Waals surface area contributed by atoms with E-state index in [0.717, 1.165) is 6.42 Å². The molecule has 1 aliphatic carbocycles. The van der Waals surface area contributed by atoms with Crippen molar-refractivity contribution in [2.45, 2.75) is 45.1 Å². The number of aliphatic carboxylic acids is 1. The minimum Gasteiger partial charge on any atom is -0.481 e. The highest BCUT2D eigenvalue weighted by Gasteiger charge is 2.45. The molecule has 1 unspecified atom stereocenters. The lowest BCUT2D eigenvalue weighted by Gasteiger charge is -2.37. The molecule has 1 amide bonds. The van der Waals surface area contributed by atoms with E-state index >= 15 is 0 Å². The Kier molecular flexibility index (Phi) is 4.10. The van der Waals surface area contributed by atoms with Gasteiger partial charge < -0.3 is 10.4 Å². The van der Waals surface area contributed by atoms with Crippen LogP contribution in [0.2, 0.25) is 0 Å². The molecule has 0 aromatic carbocycles. The van der Waals surface area contributed by atoms with Gasteiger partial charge in [0.2, 0.25) is 5.91 Å². The Morgan fingerprint density at radius 3 is 2.56 bits per heavy atom. The van der Waals surface area contributed by atoms with Gasteiger partial charge in [-0.1, -0.05) is 12.5 Å². The zero-order valence-corrected chi connectivity index (χ0v) is 9.66. The molecule has 2 N–H and O–H groups in total. The van der Waals surface area contributed by atoms with Crippen LogP contribution in [0.5, 0.6) is 0 Å². The normalized spacial score (nSPS) is 19.3. The quantitative estimate of drug-likeness (QED) is 0.676. The molecule has 0 aromatic rings. The van der Waals surface area contributed by atoms with Crippen LogP contribution < -0.4 is 5.32 Å². The number of rotatable bonds is 6. The summed E-state index contributed by atoms with van der Waals surface area (Å²) >= 11 is 0. The molecule has 1 rings (SSSR count). The molecule has 0 aliphatic heterocycles. The van der Waals surface area contributed by atoms with E-state index in [1.165, 1.54) is 0 Å². The number of carboxylic acid groups (broad SMARTS) is 1. The summed E-state index contributed by atoms with van der Waals surface area (Å²) in [5, 5.41) is 11.9. The van der Waals surface area contributed by atoms with E-state index in [-0.39, 0.29) is 18.4 Å². The minimum atomic E-state index is -0.842. The molecule has 0 radical (unpaired) electrons. The van der Waals surface area contributed by atoms with Gasteiger partial charge in [-0.15, -0.1) is 6.58 Å². The molecule has 4 heteroatoms. The highest BCUT2D eigenvalue weighted by Crippen LogP contribution is 2.44. The average molecular weight is 225 g/mol. The van der Waals surface area contributed by atoms with Crippen molar-refractivity contribution in [1.29, 1.82) is 0 Å². The van der Waals surface area contributed by atoms with Crippen molar-refractivity contribution in [2.75, 3.05) is 0 Å². The molecule has 16 heavy (non-hydrogen) atoms. The fourth-order valence-electron chi connectivity index (χ4n) is 2.01. The van der Waals surface area contributed by atoms with Crippen LogP contribution in [0.25, 0.3) is 0 Å². The second-order valence-corrected chi connectivity index (χ2v) is 4.61. The molecule has 1 saturated carbocycles. The van der Waals surface area contributed by atoms with Crippen LogP contribution >= 0.6 is 0 Å². The van der Waals surface area contributed by atoms with Crippen LogP contribution in [-0.2, 0) is 9.59 Å². The molecule has 90 valence electrons. The predicted octanol–water partition coefficient (Wildman–Crippen LogP) is 1.71. The standard InChI is InChI=1S/C12H19NO3/c1-3-5-9(2)13-10(14)8-12(11(15)16)6-4-7-12/h3,9H,1,4-8H2,2H3,(H,13,14)(H,15,16). The Balaban J connectivity index is 2.44. The van der Waals surface area contributed by atoms with E-state index in [1.807, 2.05) is 6.92 Å². The molecular weight excluding hydrogens is 206 g/mol. The largest absolute Gasteiger partial charge is 0.481 e. The number of amides is 1. The number of carbonyl (C=O) groups is 2. The first-order valence-corrected chi connectivity index (χ1v) is 5.64. The number of hydrogen-bond donors (Lipinski definition) is 2. The molecule has 1 fully saturated rings. The van der Waals surface area contributed by atoms with E-state index in [0.29, 0.717) is 19.3 Å². The molecule has 0 heterocycles. The van der Waals surface area contributed by atoms with Crippen molar-refractivity contribution in [2.24, 2.45) is 5.41 Å². The lowest BCUT2D eigenvalue weighted by molar-refractivity contribution is -0.157. The summed E-state index contributed by atoms with van der Waals surface area (Å²) in [6, 6.07) is 0.0240. The average Bonchev–Trinajstić information content (AvgIpc) is 2.10. The third-order valence-corrected chi connectivity index (χ3v) is 3.19. The van der Waals surface area contributed by atoms with Gasteiger partial charge in [0.25, 0.3) is 0 Å². The van der Waals surface area contributed by atoms with E-state index in [4.69, 9.17) is 5.11 Å². The number of carboxylic acids is 1. The van der Waals surface area contributed by atoms with Gasteiger partial charge in [-0.05, 0) is 26.2 Å². The van der Waals surface area contributed by atoms with Crippen LogP contribution in [0.4, 0.5) is 0 Å². The molecule has 0 spiro atoms. The predicted molar refractivity (Wildman–Crippen MR) is 61.0 cm³/mol. The second-order valence-electron chi connectivity index (χ2n) is 4.61. The summed E-state index contributed by atoms with van der Waals surface area (Å²) in [4.78, 5) is 22.7. The first-order valence-electron chi connectivity index (χ1n) is 5.64. The lowest BCUT2D eigenvalue weighted by Crippen LogP contribution is -2.44. The first kappa shape index (κ1) is 12.7. The smallest absolute Gasteiger partial charge is 0.310 e. The molecule has 0 aromatic heterocycles. The maximum Gasteiger partial charge on any atom is 0.310 e. The van der Waals surface area contributed by atoms with Crippen molar-refractivity contribution in [3.05, 3.63) is 12.7 Å². The molecule has 1 atom stereocenters. The van der Waals surface area contributed by atoms with Gasteiger partial charge in [0.15, 0.2) is 0 Å². The maximum atomic E-state index is 11.6. The fourth-order valence-corrected chi connectivity index (χ4v) is 2.01. The Labute approximate surface area is 95.7 Å². The summed E-state index contributed by atoms with van der Waals surface area (Å²) in [5.74, 6) is -1.01. The van der Waals surface area contributed by atoms with Crippen LogP contribution in [0.1, 0.15) is 39.0 Å². The van der Waals surface area contributed by atoms with E-state index < -0.39 is 11.4 Å². The number of nitrogens with one attached hydrogen (secondary N) is 1. The van der Waals surface area contributed by atoms with Crippen LogP contribution in [0.3, 0.4) is 0 Å². The monoisotopic (exact) mass is 225 g/mol. The zero-order valence-electron chi connectivity index (χ0n) is 9.66. The second kappa shape index (κ2) is 5.14. The van der Waals surface area contributed by atoms with E-state index in [2.05, 4.69) is 11.9 Å². The zero-order chi connectivity index (χ0) is 12.2.